The van der Waals surface area contributed by atoms with Crippen molar-refractivity contribution in [1.82, 2.24) is 0 Å². The molecule has 3 heteroatoms. The third-order valence-electron chi connectivity index (χ3n) is 2.38. The summed E-state index contributed by atoms with van der Waals surface area (Å²) in [5, 5.41) is 18.7. The molecule has 88 valence electrons. The summed E-state index contributed by atoms with van der Waals surface area (Å²) in [5.74, 6) is 0.317. The first kappa shape index (κ1) is 12.7. The van der Waals surface area contributed by atoms with Gasteiger partial charge in [-0.05, 0) is 30.0 Å². The molecule has 16 heavy (non-hydrogen) atoms. The summed E-state index contributed by atoms with van der Waals surface area (Å²) in [6.45, 7) is 3.94. The Bertz CT molecular complexity index is 341. The number of ketones is 1. The van der Waals surface area contributed by atoms with Crippen LogP contribution in [0.3, 0.4) is 0 Å². The Morgan fingerprint density at radius 2 is 1.81 bits per heavy atom. The van der Waals surface area contributed by atoms with Gasteiger partial charge in [-0.3, -0.25) is 4.79 Å². The third-order valence-corrected chi connectivity index (χ3v) is 2.38. The van der Waals surface area contributed by atoms with Gasteiger partial charge in [0, 0.05) is 6.42 Å². The maximum Gasteiger partial charge on any atom is 0.165 e. The molecule has 0 amide bonds. The fraction of sp³-hybridized carbons (Fsp3) is 0.462. The topological polar surface area (TPSA) is 57.5 Å². The van der Waals surface area contributed by atoms with Crippen LogP contribution in [0.25, 0.3) is 0 Å². The highest BCUT2D eigenvalue weighted by molar-refractivity contribution is 5.84. The molecule has 0 saturated heterocycles. The first-order valence-electron chi connectivity index (χ1n) is 5.47. The zero-order valence-corrected chi connectivity index (χ0v) is 9.68. The predicted molar refractivity (Wildman–Crippen MR) is 62.3 cm³/mol. The van der Waals surface area contributed by atoms with Gasteiger partial charge in [-0.2, -0.15) is 0 Å². The zero-order chi connectivity index (χ0) is 12.1. The molecule has 0 heterocycles. The van der Waals surface area contributed by atoms with Crippen LogP contribution < -0.4 is 0 Å². The number of hydrogen-bond donors (Lipinski definition) is 2. The summed E-state index contributed by atoms with van der Waals surface area (Å²) in [4.78, 5) is 11.6. The zero-order valence-electron chi connectivity index (χ0n) is 9.68. The van der Waals surface area contributed by atoms with Gasteiger partial charge in [0.25, 0.3) is 0 Å². The number of phenolic OH excluding ortho intramolecular Hbond substituents is 1. The van der Waals surface area contributed by atoms with Crippen molar-refractivity contribution in [1.29, 1.82) is 0 Å². The molecule has 3 nitrogen and oxygen atoms in total. The molecular weight excluding hydrogens is 204 g/mol. The smallest absolute Gasteiger partial charge is 0.165 e. The summed E-state index contributed by atoms with van der Waals surface area (Å²) < 4.78 is 0. The van der Waals surface area contributed by atoms with Crippen molar-refractivity contribution in [3.8, 4) is 5.75 Å². The summed E-state index contributed by atoms with van der Waals surface area (Å²) in [7, 11) is 0. The SMILES string of the molecule is CC(C)C[C@H](O)C(=O)Cc1ccc(O)cc1. The monoisotopic (exact) mass is 222 g/mol. The summed E-state index contributed by atoms with van der Waals surface area (Å²) in [6.07, 6.45) is -0.167. The lowest BCUT2D eigenvalue weighted by Gasteiger charge is -2.11. The van der Waals surface area contributed by atoms with E-state index in [1.165, 1.54) is 12.1 Å². The Morgan fingerprint density at radius 3 is 2.31 bits per heavy atom. The minimum absolute atomic E-state index is 0.167. The highest BCUT2D eigenvalue weighted by Crippen LogP contribution is 2.12. The Balaban J connectivity index is 2.54. The Hall–Kier alpha value is -1.35. The molecule has 0 bridgehead atoms. The van der Waals surface area contributed by atoms with Crippen LogP contribution in [-0.4, -0.2) is 22.1 Å². The van der Waals surface area contributed by atoms with Crippen LogP contribution in [0.15, 0.2) is 24.3 Å². The van der Waals surface area contributed by atoms with Crippen molar-refractivity contribution in [3.05, 3.63) is 29.8 Å². The number of Topliss-reactive ketones (excluding diaryl/α,β-unsaturated/α-hetero) is 1. The van der Waals surface area contributed by atoms with E-state index in [-0.39, 0.29) is 18.0 Å². The van der Waals surface area contributed by atoms with E-state index in [1.54, 1.807) is 12.1 Å². The number of aliphatic hydroxyl groups excluding tert-OH is 1. The fourth-order valence-corrected chi connectivity index (χ4v) is 1.51. The molecule has 1 aromatic rings. The summed E-state index contributed by atoms with van der Waals surface area (Å²) in [6, 6.07) is 6.46. The molecule has 1 rings (SSSR count). The van der Waals surface area contributed by atoms with Crippen molar-refractivity contribution >= 4 is 5.78 Å². The van der Waals surface area contributed by atoms with Crippen LogP contribution in [0.4, 0.5) is 0 Å². The van der Waals surface area contributed by atoms with Gasteiger partial charge in [0.2, 0.25) is 0 Å². The second kappa shape index (κ2) is 5.66. The van der Waals surface area contributed by atoms with E-state index >= 15 is 0 Å². The molecular formula is C13H18O3. The lowest BCUT2D eigenvalue weighted by atomic mass is 9.98. The van der Waals surface area contributed by atoms with Crippen LogP contribution >= 0.6 is 0 Å². The van der Waals surface area contributed by atoms with Crippen molar-refractivity contribution in [2.24, 2.45) is 5.92 Å². The molecule has 0 aliphatic carbocycles. The van der Waals surface area contributed by atoms with E-state index in [4.69, 9.17) is 5.11 Å². The maximum atomic E-state index is 11.6. The Morgan fingerprint density at radius 1 is 1.25 bits per heavy atom. The van der Waals surface area contributed by atoms with Crippen LogP contribution in [0.5, 0.6) is 5.75 Å². The van der Waals surface area contributed by atoms with Gasteiger partial charge in [-0.15, -0.1) is 0 Å². The van der Waals surface area contributed by atoms with Crippen LogP contribution in [0, 0.1) is 5.92 Å². The summed E-state index contributed by atoms with van der Waals surface area (Å²) >= 11 is 0. The van der Waals surface area contributed by atoms with Crippen molar-refractivity contribution < 1.29 is 15.0 Å². The normalized spacial score (nSPS) is 12.8. The number of benzene rings is 1. The highest BCUT2D eigenvalue weighted by Gasteiger charge is 2.16. The average molecular weight is 222 g/mol. The molecule has 2 N–H and O–H groups in total. The second-order valence-corrected chi connectivity index (χ2v) is 4.45. The van der Waals surface area contributed by atoms with Crippen LogP contribution in [0.1, 0.15) is 25.8 Å². The number of phenols is 1. The van der Waals surface area contributed by atoms with Crippen LogP contribution in [0.2, 0.25) is 0 Å². The first-order valence-corrected chi connectivity index (χ1v) is 5.47. The van der Waals surface area contributed by atoms with E-state index in [1.807, 2.05) is 13.8 Å². The Kier molecular flexibility index (Phi) is 4.50. The van der Waals surface area contributed by atoms with Crippen LogP contribution in [-0.2, 0) is 11.2 Å². The van der Waals surface area contributed by atoms with Gasteiger partial charge >= 0.3 is 0 Å². The van der Waals surface area contributed by atoms with Crippen molar-refractivity contribution in [3.63, 3.8) is 0 Å². The second-order valence-electron chi connectivity index (χ2n) is 4.45. The largest absolute Gasteiger partial charge is 0.508 e. The molecule has 0 aliphatic rings. The lowest BCUT2D eigenvalue weighted by Crippen LogP contribution is -2.23. The molecule has 0 radical (unpaired) electrons. The van der Waals surface area contributed by atoms with Gasteiger partial charge in [0.05, 0.1) is 0 Å². The van der Waals surface area contributed by atoms with Gasteiger partial charge < -0.3 is 10.2 Å². The first-order chi connectivity index (χ1) is 7.49. The molecule has 0 aliphatic heterocycles. The quantitative estimate of drug-likeness (QED) is 0.800. The van der Waals surface area contributed by atoms with Gasteiger partial charge in [-0.25, -0.2) is 0 Å². The number of hydrogen-bond acceptors (Lipinski definition) is 3. The van der Waals surface area contributed by atoms with Crippen molar-refractivity contribution in [2.75, 3.05) is 0 Å². The molecule has 1 aromatic carbocycles. The van der Waals surface area contributed by atoms with E-state index in [9.17, 15) is 9.90 Å². The third kappa shape index (κ3) is 4.03. The highest BCUT2D eigenvalue weighted by atomic mass is 16.3. The average Bonchev–Trinajstić information content (AvgIpc) is 2.20. The fourth-order valence-electron chi connectivity index (χ4n) is 1.51. The van der Waals surface area contributed by atoms with Gasteiger partial charge in [-0.1, -0.05) is 26.0 Å². The molecule has 0 aromatic heterocycles. The maximum absolute atomic E-state index is 11.6. The predicted octanol–water partition coefficient (Wildman–Crippen LogP) is 1.91. The number of aromatic hydroxyl groups is 1. The Labute approximate surface area is 95.7 Å². The van der Waals surface area contributed by atoms with Gasteiger partial charge in [0.1, 0.15) is 11.9 Å². The molecule has 1 atom stereocenters. The number of carbonyl (C=O) groups is 1. The lowest BCUT2D eigenvalue weighted by molar-refractivity contribution is -0.127. The van der Waals surface area contributed by atoms with E-state index in [2.05, 4.69) is 0 Å². The number of carbonyl (C=O) groups excluding carboxylic acids is 1. The number of aliphatic hydroxyl groups is 1. The molecule has 0 fully saturated rings. The van der Waals surface area contributed by atoms with E-state index in [0.29, 0.717) is 12.3 Å². The minimum atomic E-state index is -0.881. The molecule has 0 unspecified atom stereocenters. The summed E-state index contributed by atoms with van der Waals surface area (Å²) in [5.41, 5.74) is 0.811. The molecule has 0 saturated carbocycles. The molecule has 0 spiro atoms. The number of rotatable bonds is 5. The standard InChI is InChI=1S/C13H18O3/c1-9(2)7-12(15)13(16)8-10-3-5-11(14)6-4-10/h3-6,9,12,14-15H,7-8H2,1-2H3/t12-/m0/s1. The minimum Gasteiger partial charge on any atom is -0.508 e. The van der Waals surface area contributed by atoms with Gasteiger partial charge in [0.15, 0.2) is 5.78 Å². The van der Waals surface area contributed by atoms with E-state index in [0.717, 1.165) is 5.56 Å². The van der Waals surface area contributed by atoms with Crippen molar-refractivity contribution in [2.45, 2.75) is 32.8 Å². The van der Waals surface area contributed by atoms with E-state index < -0.39 is 6.10 Å².